The molecule has 28 heavy (non-hydrogen) atoms. The average Bonchev–Trinajstić information content (AvgIpc) is 2.68. The zero-order valence-electron chi connectivity index (χ0n) is 14.7. The van der Waals surface area contributed by atoms with Crippen LogP contribution in [-0.4, -0.2) is 40.8 Å². The van der Waals surface area contributed by atoms with Gasteiger partial charge in [-0.05, 0) is 53.6 Å². The van der Waals surface area contributed by atoms with Crippen molar-refractivity contribution in [2.75, 3.05) is 13.1 Å². The summed E-state index contributed by atoms with van der Waals surface area (Å²) in [4.78, 5) is 36.9. The predicted molar refractivity (Wildman–Crippen MR) is 109 cm³/mol. The third kappa shape index (κ3) is 4.46. The lowest BCUT2D eigenvalue weighted by Gasteiger charge is -2.32. The highest BCUT2D eigenvalue weighted by atomic mass is 127. The second-order valence-corrected chi connectivity index (χ2v) is 7.60. The number of hydrogen-bond donors (Lipinski definition) is 1. The number of rotatable bonds is 4. The largest absolute Gasteiger partial charge is 0.349 e. The normalized spacial score (nSPS) is 14.6. The van der Waals surface area contributed by atoms with E-state index < -0.39 is 10.7 Å². The Morgan fingerprint density at radius 3 is 2.46 bits per heavy atom. The summed E-state index contributed by atoms with van der Waals surface area (Å²) in [5, 5.41) is 13.8. The first kappa shape index (κ1) is 20.2. The highest BCUT2D eigenvalue weighted by Gasteiger charge is 2.27. The number of piperidine rings is 1. The number of amides is 2. The minimum absolute atomic E-state index is 0.0381. The van der Waals surface area contributed by atoms with E-state index in [1.54, 1.807) is 11.0 Å². The van der Waals surface area contributed by atoms with E-state index in [0.29, 0.717) is 29.5 Å². The molecule has 2 amide bonds. The highest BCUT2D eigenvalue weighted by molar-refractivity contribution is 14.1. The van der Waals surface area contributed by atoms with Gasteiger partial charge in [-0.25, -0.2) is 4.39 Å². The molecule has 0 aliphatic carbocycles. The maximum atomic E-state index is 13.8. The summed E-state index contributed by atoms with van der Waals surface area (Å²) in [6.07, 6.45) is 1.05. The van der Waals surface area contributed by atoms with Crippen LogP contribution < -0.4 is 5.32 Å². The van der Waals surface area contributed by atoms with Crippen LogP contribution in [0.4, 0.5) is 10.1 Å². The fourth-order valence-corrected chi connectivity index (χ4v) is 3.68. The van der Waals surface area contributed by atoms with Gasteiger partial charge in [-0.2, -0.15) is 0 Å². The molecule has 2 aromatic rings. The molecule has 0 radical (unpaired) electrons. The number of carbonyl (C=O) groups excluding carboxylic acids is 2. The van der Waals surface area contributed by atoms with Gasteiger partial charge in [-0.3, -0.25) is 19.7 Å². The Morgan fingerprint density at radius 2 is 1.82 bits per heavy atom. The number of nitrogens with one attached hydrogen (secondary N) is 1. The summed E-state index contributed by atoms with van der Waals surface area (Å²) < 4.78 is 14.4. The van der Waals surface area contributed by atoms with E-state index in [1.165, 1.54) is 36.4 Å². The molecule has 1 fully saturated rings. The van der Waals surface area contributed by atoms with Gasteiger partial charge in [-0.15, -0.1) is 0 Å². The number of likely N-dealkylation sites (tertiary alicyclic amines) is 1. The summed E-state index contributed by atoms with van der Waals surface area (Å²) in [6.45, 7) is 0.786. The number of nitrogens with zero attached hydrogens (tertiary/aromatic N) is 2. The van der Waals surface area contributed by atoms with Gasteiger partial charge in [0.15, 0.2) is 0 Å². The van der Waals surface area contributed by atoms with Crippen molar-refractivity contribution >= 4 is 40.1 Å². The van der Waals surface area contributed by atoms with Gasteiger partial charge in [0, 0.05) is 34.8 Å². The van der Waals surface area contributed by atoms with Crippen molar-refractivity contribution in [3.8, 4) is 0 Å². The molecule has 0 spiro atoms. The zero-order valence-corrected chi connectivity index (χ0v) is 16.9. The molecule has 1 heterocycles. The molecule has 2 aromatic carbocycles. The standard InChI is InChI=1S/C19H17FIN3O4/c20-16-4-2-1-3-14(16)19(26)23-9-7-12(8-10-23)22-18(25)15-11-13(24(27)28)5-6-17(15)21/h1-6,11-12H,7-10H2,(H,22,25). The van der Waals surface area contributed by atoms with Crippen LogP contribution in [0.15, 0.2) is 42.5 Å². The van der Waals surface area contributed by atoms with Crippen LogP contribution >= 0.6 is 22.6 Å². The van der Waals surface area contributed by atoms with Gasteiger partial charge in [0.2, 0.25) is 0 Å². The summed E-state index contributed by atoms with van der Waals surface area (Å²) in [5.74, 6) is -1.30. The van der Waals surface area contributed by atoms with Crippen LogP contribution in [0.5, 0.6) is 0 Å². The van der Waals surface area contributed by atoms with Gasteiger partial charge in [0.05, 0.1) is 16.1 Å². The van der Waals surface area contributed by atoms with E-state index in [2.05, 4.69) is 5.32 Å². The highest BCUT2D eigenvalue weighted by Crippen LogP contribution is 2.21. The fraction of sp³-hybridized carbons (Fsp3) is 0.263. The monoisotopic (exact) mass is 497 g/mol. The Morgan fingerprint density at radius 1 is 1.14 bits per heavy atom. The van der Waals surface area contributed by atoms with Crippen molar-refractivity contribution in [1.29, 1.82) is 0 Å². The molecule has 1 aliphatic heterocycles. The second-order valence-electron chi connectivity index (χ2n) is 6.44. The number of nitro benzene ring substituents is 1. The van der Waals surface area contributed by atoms with Crippen LogP contribution in [0.25, 0.3) is 0 Å². The van der Waals surface area contributed by atoms with Crippen LogP contribution in [-0.2, 0) is 0 Å². The molecule has 7 nitrogen and oxygen atoms in total. The fourth-order valence-electron chi connectivity index (χ4n) is 3.10. The number of halogens is 2. The van der Waals surface area contributed by atoms with E-state index in [0.717, 1.165) is 0 Å². The lowest BCUT2D eigenvalue weighted by molar-refractivity contribution is -0.384. The second kappa shape index (κ2) is 8.63. The average molecular weight is 497 g/mol. The smallest absolute Gasteiger partial charge is 0.270 e. The molecule has 3 rings (SSSR count). The quantitative estimate of drug-likeness (QED) is 0.399. The molecule has 0 atom stereocenters. The molecule has 0 bridgehead atoms. The van der Waals surface area contributed by atoms with Crippen molar-refractivity contribution in [3.63, 3.8) is 0 Å². The SMILES string of the molecule is O=C(NC1CCN(C(=O)c2ccccc2F)CC1)c1cc([N+](=O)[O-])ccc1I. The van der Waals surface area contributed by atoms with Gasteiger partial charge in [-0.1, -0.05) is 12.1 Å². The summed E-state index contributed by atoms with van der Waals surface area (Å²) in [5.41, 5.74) is 0.145. The maximum absolute atomic E-state index is 13.8. The first-order chi connectivity index (χ1) is 13.4. The maximum Gasteiger partial charge on any atom is 0.270 e. The molecule has 0 aromatic heterocycles. The first-order valence-corrected chi connectivity index (χ1v) is 9.73. The van der Waals surface area contributed by atoms with Crippen molar-refractivity contribution in [3.05, 3.63) is 73.1 Å². The lowest BCUT2D eigenvalue weighted by atomic mass is 10.0. The third-order valence-electron chi connectivity index (χ3n) is 4.63. The Bertz CT molecular complexity index is 929. The van der Waals surface area contributed by atoms with Crippen molar-refractivity contribution in [2.45, 2.75) is 18.9 Å². The van der Waals surface area contributed by atoms with Gasteiger partial charge in [0.25, 0.3) is 17.5 Å². The van der Waals surface area contributed by atoms with E-state index in [-0.39, 0.29) is 34.7 Å². The van der Waals surface area contributed by atoms with E-state index >= 15 is 0 Å². The summed E-state index contributed by atoms with van der Waals surface area (Å²) in [6, 6.07) is 9.83. The molecule has 146 valence electrons. The molecule has 9 heteroatoms. The Balaban J connectivity index is 1.61. The Kier molecular flexibility index (Phi) is 6.22. The predicted octanol–water partition coefficient (Wildman–Crippen LogP) is 3.37. The lowest BCUT2D eigenvalue weighted by Crippen LogP contribution is -2.46. The topological polar surface area (TPSA) is 92.6 Å². The van der Waals surface area contributed by atoms with Crippen LogP contribution in [0, 0.1) is 19.5 Å². The molecular formula is C19H17FIN3O4. The number of benzene rings is 2. The molecule has 0 unspecified atom stereocenters. The van der Waals surface area contributed by atoms with Gasteiger partial charge >= 0.3 is 0 Å². The zero-order chi connectivity index (χ0) is 20.3. The first-order valence-electron chi connectivity index (χ1n) is 8.65. The van der Waals surface area contributed by atoms with Crippen LogP contribution in [0.1, 0.15) is 33.6 Å². The number of non-ortho nitro benzene ring substituents is 1. The molecule has 1 N–H and O–H groups in total. The van der Waals surface area contributed by atoms with E-state index in [4.69, 9.17) is 0 Å². The Labute approximate surface area is 174 Å². The van der Waals surface area contributed by atoms with E-state index in [9.17, 15) is 24.1 Å². The number of hydrogen-bond acceptors (Lipinski definition) is 4. The molecular weight excluding hydrogens is 480 g/mol. The van der Waals surface area contributed by atoms with Crippen LogP contribution in [0.2, 0.25) is 0 Å². The van der Waals surface area contributed by atoms with Crippen molar-refractivity contribution < 1.29 is 18.9 Å². The summed E-state index contributed by atoms with van der Waals surface area (Å²) in [7, 11) is 0. The minimum atomic E-state index is -0.553. The van der Waals surface area contributed by atoms with Gasteiger partial charge in [0.1, 0.15) is 5.82 Å². The minimum Gasteiger partial charge on any atom is -0.349 e. The van der Waals surface area contributed by atoms with Gasteiger partial charge < -0.3 is 10.2 Å². The summed E-state index contributed by atoms with van der Waals surface area (Å²) >= 11 is 1.96. The molecule has 1 saturated heterocycles. The molecule has 1 aliphatic rings. The molecule has 0 saturated carbocycles. The van der Waals surface area contributed by atoms with Crippen LogP contribution in [0.3, 0.4) is 0 Å². The number of carbonyl (C=O) groups is 2. The van der Waals surface area contributed by atoms with E-state index in [1.807, 2.05) is 22.6 Å². The third-order valence-corrected chi connectivity index (χ3v) is 5.57. The van der Waals surface area contributed by atoms with Crippen molar-refractivity contribution in [2.24, 2.45) is 0 Å². The van der Waals surface area contributed by atoms with Crippen molar-refractivity contribution in [1.82, 2.24) is 10.2 Å². The number of nitro groups is 1. The Hall–Kier alpha value is -2.56.